The molecule has 5 heteroatoms. The Morgan fingerprint density at radius 2 is 2.28 bits per heavy atom. The van der Waals surface area contributed by atoms with Crippen LogP contribution in [0.1, 0.15) is 19.8 Å². The van der Waals surface area contributed by atoms with Crippen molar-refractivity contribution in [2.24, 2.45) is 0 Å². The lowest BCUT2D eigenvalue weighted by molar-refractivity contribution is -0.143. The fraction of sp³-hybridized carbons (Fsp3) is 0.923. The van der Waals surface area contributed by atoms with Crippen LogP contribution in [0.4, 0.5) is 0 Å². The zero-order valence-electron chi connectivity index (χ0n) is 11.4. The summed E-state index contributed by atoms with van der Waals surface area (Å²) in [6.07, 6.45) is 1.97. The average molecular weight is 256 g/mol. The van der Waals surface area contributed by atoms with Crippen LogP contribution in [0.15, 0.2) is 0 Å². The topological polar surface area (TPSA) is 42.0 Å². The highest BCUT2D eigenvalue weighted by atomic mass is 16.5. The van der Waals surface area contributed by atoms with Crippen LogP contribution in [0, 0.1) is 0 Å². The van der Waals surface area contributed by atoms with E-state index in [9.17, 15) is 4.79 Å². The number of piperazine rings is 1. The van der Waals surface area contributed by atoms with Gasteiger partial charge in [0.15, 0.2) is 0 Å². The van der Waals surface area contributed by atoms with E-state index < -0.39 is 0 Å². The van der Waals surface area contributed by atoms with Gasteiger partial charge in [0.1, 0.15) is 6.04 Å². The molecule has 2 rings (SSSR count). The van der Waals surface area contributed by atoms with Gasteiger partial charge >= 0.3 is 5.97 Å². The van der Waals surface area contributed by atoms with E-state index in [2.05, 4.69) is 16.7 Å². The Labute approximate surface area is 109 Å². The second-order valence-electron chi connectivity index (χ2n) is 5.06. The molecule has 2 atom stereocenters. The number of hydrogen-bond donors (Lipinski definition) is 0. The predicted molar refractivity (Wildman–Crippen MR) is 68.5 cm³/mol. The van der Waals surface area contributed by atoms with E-state index in [0.717, 1.165) is 45.6 Å². The summed E-state index contributed by atoms with van der Waals surface area (Å²) in [6.45, 7) is 7.51. The molecule has 0 spiro atoms. The van der Waals surface area contributed by atoms with Crippen molar-refractivity contribution in [3.05, 3.63) is 0 Å². The first kappa shape index (κ1) is 13.8. The fourth-order valence-corrected chi connectivity index (χ4v) is 2.91. The van der Waals surface area contributed by atoms with Gasteiger partial charge in [-0.15, -0.1) is 0 Å². The molecule has 0 radical (unpaired) electrons. The molecule has 2 fully saturated rings. The van der Waals surface area contributed by atoms with Crippen molar-refractivity contribution in [3.63, 3.8) is 0 Å². The van der Waals surface area contributed by atoms with Crippen molar-refractivity contribution < 1.29 is 14.3 Å². The summed E-state index contributed by atoms with van der Waals surface area (Å²) in [5.41, 5.74) is 0. The Balaban J connectivity index is 1.89. The number of hydrogen-bond acceptors (Lipinski definition) is 5. The van der Waals surface area contributed by atoms with Gasteiger partial charge in [0.25, 0.3) is 0 Å². The van der Waals surface area contributed by atoms with Gasteiger partial charge in [-0.3, -0.25) is 14.6 Å². The molecule has 5 nitrogen and oxygen atoms in total. The Morgan fingerprint density at radius 1 is 1.44 bits per heavy atom. The van der Waals surface area contributed by atoms with E-state index in [4.69, 9.17) is 9.47 Å². The van der Waals surface area contributed by atoms with E-state index in [1.54, 1.807) is 7.11 Å². The monoisotopic (exact) mass is 256 g/mol. The average Bonchev–Trinajstić information content (AvgIpc) is 2.82. The van der Waals surface area contributed by atoms with E-state index in [1.807, 2.05) is 0 Å². The van der Waals surface area contributed by atoms with Crippen LogP contribution in [-0.2, 0) is 14.3 Å². The third-order valence-corrected chi connectivity index (χ3v) is 4.04. The maximum atomic E-state index is 11.6. The van der Waals surface area contributed by atoms with Crippen molar-refractivity contribution in [2.75, 3.05) is 46.5 Å². The summed E-state index contributed by atoms with van der Waals surface area (Å²) < 4.78 is 10.2. The largest absolute Gasteiger partial charge is 0.464 e. The molecule has 0 N–H and O–H groups in total. The molecule has 2 aliphatic heterocycles. The van der Waals surface area contributed by atoms with Gasteiger partial charge in [-0.1, -0.05) is 6.92 Å². The van der Waals surface area contributed by atoms with Crippen LogP contribution in [0.25, 0.3) is 0 Å². The molecule has 0 aromatic rings. The SMILES string of the molecule is CC[C@H]1CN([C@H]2CCOC2=O)CCN1CCOC. The first-order valence-corrected chi connectivity index (χ1v) is 6.90. The first-order valence-electron chi connectivity index (χ1n) is 6.90. The van der Waals surface area contributed by atoms with Gasteiger partial charge in [0.2, 0.25) is 0 Å². The second kappa shape index (κ2) is 6.50. The summed E-state index contributed by atoms with van der Waals surface area (Å²) >= 11 is 0. The third kappa shape index (κ3) is 3.02. The molecule has 0 aliphatic carbocycles. The highest BCUT2D eigenvalue weighted by molar-refractivity contribution is 5.77. The number of ether oxygens (including phenoxy) is 2. The summed E-state index contributed by atoms with van der Waals surface area (Å²) in [5, 5.41) is 0. The van der Waals surface area contributed by atoms with Crippen molar-refractivity contribution in [2.45, 2.75) is 31.8 Å². The minimum absolute atomic E-state index is 0.00336. The summed E-state index contributed by atoms with van der Waals surface area (Å²) in [6, 6.07) is 0.533. The lowest BCUT2D eigenvalue weighted by Gasteiger charge is -2.42. The molecule has 0 bridgehead atoms. The summed E-state index contributed by atoms with van der Waals surface area (Å²) in [5.74, 6) is -0.0322. The molecular weight excluding hydrogens is 232 g/mol. The number of rotatable bonds is 5. The van der Waals surface area contributed by atoms with Crippen LogP contribution in [0.2, 0.25) is 0 Å². The number of carbonyl (C=O) groups is 1. The van der Waals surface area contributed by atoms with Crippen LogP contribution in [-0.4, -0.2) is 74.4 Å². The zero-order valence-corrected chi connectivity index (χ0v) is 11.4. The van der Waals surface area contributed by atoms with Gasteiger partial charge < -0.3 is 9.47 Å². The van der Waals surface area contributed by atoms with Crippen molar-refractivity contribution >= 4 is 5.97 Å². The van der Waals surface area contributed by atoms with Gasteiger partial charge in [-0.25, -0.2) is 0 Å². The van der Waals surface area contributed by atoms with Crippen molar-refractivity contribution in [1.82, 2.24) is 9.80 Å². The maximum Gasteiger partial charge on any atom is 0.323 e. The molecule has 2 aliphatic rings. The third-order valence-electron chi connectivity index (χ3n) is 4.04. The van der Waals surface area contributed by atoms with E-state index in [-0.39, 0.29) is 12.0 Å². The molecule has 0 aromatic heterocycles. The highest BCUT2D eigenvalue weighted by Gasteiger charge is 2.36. The number of methoxy groups -OCH3 is 1. The van der Waals surface area contributed by atoms with E-state index >= 15 is 0 Å². The van der Waals surface area contributed by atoms with Crippen LogP contribution < -0.4 is 0 Å². The molecule has 18 heavy (non-hydrogen) atoms. The molecule has 0 unspecified atom stereocenters. The molecule has 0 saturated carbocycles. The van der Waals surface area contributed by atoms with Gasteiger partial charge in [-0.2, -0.15) is 0 Å². The van der Waals surface area contributed by atoms with E-state index in [0.29, 0.717) is 12.6 Å². The number of cyclic esters (lactones) is 1. The minimum atomic E-state index is -0.0322. The van der Waals surface area contributed by atoms with Crippen molar-refractivity contribution in [1.29, 1.82) is 0 Å². The first-order chi connectivity index (χ1) is 8.76. The van der Waals surface area contributed by atoms with Crippen LogP contribution in [0.5, 0.6) is 0 Å². The lowest BCUT2D eigenvalue weighted by atomic mass is 10.1. The van der Waals surface area contributed by atoms with Crippen molar-refractivity contribution in [3.8, 4) is 0 Å². The normalized spacial score (nSPS) is 30.7. The Morgan fingerprint density at radius 3 is 2.89 bits per heavy atom. The quantitative estimate of drug-likeness (QED) is 0.664. The number of nitrogens with zero attached hydrogens (tertiary/aromatic N) is 2. The van der Waals surface area contributed by atoms with Crippen LogP contribution in [0.3, 0.4) is 0 Å². The summed E-state index contributed by atoms with van der Waals surface area (Å²) in [4.78, 5) is 16.4. The molecule has 2 saturated heterocycles. The van der Waals surface area contributed by atoms with Gasteiger partial charge in [0.05, 0.1) is 13.2 Å². The lowest BCUT2D eigenvalue weighted by Crippen LogP contribution is -2.57. The van der Waals surface area contributed by atoms with Gasteiger partial charge in [-0.05, 0) is 6.42 Å². The van der Waals surface area contributed by atoms with Gasteiger partial charge in [0, 0.05) is 45.8 Å². The fourth-order valence-electron chi connectivity index (χ4n) is 2.91. The smallest absolute Gasteiger partial charge is 0.323 e. The number of carbonyl (C=O) groups excluding carboxylic acids is 1. The second-order valence-corrected chi connectivity index (χ2v) is 5.06. The predicted octanol–water partition coefficient (Wildman–Crippen LogP) is 0.345. The molecule has 104 valence electrons. The standard InChI is InChI=1S/C13H24N2O3/c1-3-11-10-15(12-4-8-18-13(12)16)6-5-14(11)7-9-17-2/h11-12H,3-10H2,1-2H3/t11-,12-/m0/s1. The molecule has 0 aromatic carbocycles. The Hall–Kier alpha value is -0.650. The molecular formula is C13H24N2O3. The van der Waals surface area contributed by atoms with E-state index in [1.165, 1.54) is 0 Å². The number of esters is 1. The highest BCUT2D eigenvalue weighted by Crippen LogP contribution is 2.20. The molecule has 0 amide bonds. The Bertz CT molecular complexity index is 285. The van der Waals surface area contributed by atoms with Crippen LogP contribution >= 0.6 is 0 Å². The summed E-state index contributed by atoms with van der Waals surface area (Å²) in [7, 11) is 1.74. The zero-order chi connectivity index (χ0) is 13.0. The molecule has 2 heterocycles. The minimum Gasteiger partial charge on any atom is -0.464 e. The Kier molecular flexibility index (Phi) is 4.97. The maximum absolute atomic E-state index is 11.6.